The molecule has 2 aromatic rings. The molecule has 0 fully saturated rings. The number of methoxy groups -OCH3 is 1. The molecule has 1 N–H and O–H groups in total. The summed E-state index contributed by atoms with van der Waals surface area (Å²) in [5.74, 6) is -0.314. The van der Waals surface area contributed by atoms with Crippen LogP contribution in [0.2, 0.25) is 0 Å². The average molecular weight is 366 g/mol. The van der Waals surface area contributed by atoms with Crippen molar-refractivity contribution < 1.29 is 14.6 Å². The van der Waals surface area contributed by atoms with Gasteiger partial charge in [-0.15, -0.1) is 0 Å². The second-order valence-corrected chi connectivity index (χ2v) is 7.91. The summed E-state index contributed by atoms with van der Waals surface area (Å²) in [7, 11) is 1.37. The Kier molecular flexibility index (Phi) is 4.72. The third kappa shape index (κ3) is 3.07. The van der Waals surface area contributed by atoms with Gasteiger partial charge in [0.25, 0.3) is 0 Å². The van der Waals surface area contributed by atoms with Crippen LogP contribution in [0.4, 0.5) is 0 Å². The van der Waals surface area contributed by atoms with E-state index in [-0.39, 0.29) is 11.3 Å². The maximum atomic E-state index is 13.1. The zero-order chi connectivity index (χ0) is 19.8. The van der Waals surface area contributed by atoms with Crippen LogP contribution in [0.5, 0.6) is 5.75 Å². The maximum absolute atomic E-state index is 13.1. The van der Waals surface area contributed by atoms with E-state index in [0.29, 0.717) is 5.56 Å². The van der Waals surface area contributed by atoms with Crippen LogP contribution < -0.4 is 0 Å². The Morgan fingerprint density at radius 1 is 1.19 bits per heavy atom. The Balaban J connectivity index is 2.31. The van der Waals surface area contributed by atoms with Crippen LogP contribution in [0, 0.1) is 6.92 Å². The van der Waals surface area contributed by atoms with Gasteiger partial charge in [0.2, 0.25) is 5.54 Å². The minimum absolute atomic E-state index is 0.143. The first-order valence-corrected chi connectivity index (χ1v) is 8.99. The first-order valence-electron chi connectivity index (χ1n) is 8.99. The van der Waals surface area contributed by atoms with Gasteiger partial charge in [-0.3, -0.25) is 0 Å². The molecular formula is C22H26N2O3. The molecule has 2 atom stereocenters. The highest BCUT2D eigenvalue weighted by molar-refractivity contribution is 5.89. The molecule has 1 aliphatic rings. The van der Waals surface area contributed by atoms with E-state index >= 15 is 0 Å². The Bertz CT molecular complexity index is 871. The van der Waals surface area contributed by atoms with Gasteiger partial charge in [0.05, 0.1) is 19.5 Å². The molecule has 142 valence electrons. The van der Waals surface area contributed by atoms with Gasteiger partial charge in [0, 0.05) is 11.1 Å². The molecule has 0 aliphatic carbocycles. The Morgan fingerprint density at radius 2 is 1.85 bits per heavy atom. The predicted molar refractivity (Wildman–Crippen MR) is 106 cm³/mol. The summed E-state index contributed by atoms with van der Waals surface area (Å²) >= 11 is 0. The molecule has 3 rings (SSSR count). The fourth-order valence-electron chi connectivity index (χ4n) is 3.67. The van der Waals surface area contributed by atoms with Crippen LogP contribution in [0.1, 0.15) is 43.5 Å². The normalized spacial score (nSPS) is 22.1. The third-order valence-electron chi connectivity index (χ3n) is 5.03. The molecule has 5 heteroatoms. The number of phenols is 1. The van der Waals surface area contributed by atoms with Gasteiger partial charge in [-0.2, -0.15) is 0 Å². The standard InChI is InChI=1S/C22H26N2O3/c1-15-11-12-17(18(25)13-15)19-22(20(26)27-5,16-9-7-6-8-10-16)23-14-24(19)21(2,3)4/h6-14,19,25H,1-5H3/t19-,22+/m0/s1. The lowest BCUT2D eigenvalue weighted by Crippen LogP contribution is -2.49. The van der Waals surface area contributed by atoms with E-state index in [0.717, 1.165) is 11.1 Å². The molecule has 0 spiro atoms. The van der Waals surface area contributed by atoms with E-state index in [1.54, 1.807) is 12.4 Å². The summed E-state index contributed by atoms with van der Waals surface area (Å²) in [6.45, 7) is 8.07. The number of phenolic OH excluding ortho intramolecular Hbond substituents is 1. The van der Waals surface area contributed by atoms with Gasteiger partial charge >= 0.3 is 5.97 Å². The van der Waals surface area contributed by atoms with Gasteiger partial charge in [-0.1, -0.05) is 42.5 Å². The molecule has 1 heterocycles. The molecule has 2 aromatic carbocycles. The van der Waals surface area contributed by atoms with Gasteiger partial charge in [0.1, 0.15) is 5.75 Å². The van der Waals surface area contributed by atoms with Crippen LogP contribution in [-0.4, -0.2) is 35.0 Å². The second kappa shape index (κ2) is 6.72. The molecule has 0 amide bonds. The maximum Gasteiger partial charge on any atom is 0.341 e. The largest absolute Gasteiger partial charge is 0.508 e. The number of ether oxygens (including phenoxy) is 1. The number of carbonyl (C=O) groups excluding carboxylic acids is 1. The molecule has 27 heavy (non-hydrogen) atoms. The molecule has 0 unspecified atom stereocenters. The minimum Gasteiger partial charge on any atom is -0.508 e. The van der Waals surface area contributed by atoms with Crippen LogP contribution in [0.3, 0.4) is 0 Å². The number of hydrogen-bond acceptors (Lipinski definition) is 5. The van der Waals surface area contributed by atoms with Crippen molar-refractivity contribution in [2.45, 2.75) is 44.8 Å². The van der Waals surface area contributed by atoms with Gasteiger partial charge in [-0.05, 0) is 44.9 Å². The molecule has 0 radical (unpaired) electrons. The fourth-order valence-corrected chi connectivity index (χ4v) is 3.67. The third-order valence-corrected chi connectivity index (χ3v) is 5.03. The van der Waals surface area contributed by atoms with Crippen LogP contribution in [0.25, 0.3) is 0 Å². The minimum atomic E-state index is -1.30. The highest BCUT2D eigenvalue weighted by Gasteiger charge is 2.57. The number of rotatable bonds is 3. The van der Waals surface area contributed by atoms with Gasteiger partial charge in [-0.25, -0.2) is 9.79 Å². The fraction of sp³-hybridized carbons (Fsp3) is 0.364. The van der Waals surface area contributed by atoms with Crippen LogP contribution in [0.15, 0.2) is 53.5 Å². The van der Waals surface area contributed by atoms with E-state index in [1.165, 1.54) is 7.11 Å². The van der Waals surface area contributed by atoms with E-state index in [4.69, 9.17) is 9.73 Å². The SMILES string of the molecule is COC(=O)[C@]1(c2ccccc2)N=CN(C(C)(C)C)[C@H]1c1ccc(C)cc1O. The first-order chi connectivity index (χ1) is 12.7. The summed E-state index contributed by atoms with van der Waals surface area (Å²) in [6, 6.07) is 14.4. The van der Waals surface area contributed by atoms with E-state index in [2.05, 4.69) is 20.8 Å². The molecule has 5 nitrogen and oxygen atoms in total. The summed E-state index contributed by atoms with van der Waals surface area (Å²) < 4.78 is 5.21. The number of nitrogens with zero attached hydrogens (tertiary/aromatic N) is 2. The zero-order valence-electron chi connectivity index (χ0n) is 16.4. The summed E-state index contributed by atoms with van der Waals surface area (Å²) in [6.07, 6.45) is 1.70. The molecule has 0 bridgehead atoms. The number of aryl methyl sites for hydroxylation is 1. The number of esters is 1. The highest BCUT2D eigenvalue weighted by Crippen LogP contribution is 2.51. The summed E-state index contributed by atoms with van der Waals surface area (Å²) in [5.41, 5.74) is 0.694. The smallest absolute Gasteiger partial charge is 0.341 e. The zero-order valence-corrected chi connectivity index (χ0v) is 16.4. The Morgan fingerprint density at radius 3 is 2.41 bits per heavy atom. The number of aromatic hydroxyl groups is 1. The monoisotopic (exact) mass is 366 g/mol. The summed E-state index contributed by atoms with van der Waals surface area (Å²) in [4.78, 5) is 19.8. The van der Waals surface area contributed by atoms with Crippen molar-refractivity contribution in [1.29, 1.82) is 0 Å². The lowest BCUT2D eigenvalue weighted by Gasteiger charge is -2.42. The number of benzene rings is 2. The average Bonchev–Trinajstić information content (AvgIpc) is 3.03. The quantitative estimate of drug-likeness (QED) is 0.836. The number of carbonyl (C=O) groups is 1. The van der Waals surface area contributed by atoms with Crippen molar-refractivity contribution >= 4 is 12.3 Å². The Labute approximate surface area is 160 Å². The van der Waals surface area contributed by atoms with Crippen LogP contribution in [-0.2, 0) is 15.1 Å². The van der Waals surface area contributed by atoms with Crippen molar-refractivity contribution in [2.75, 3.05) is 7.11 Å². The lowest BCUT2D eigenvalue weighted by atomic mass is 9.78. The lowest BCUT2D eigenvalue weighted by molar-refractivity contribution is -0.149. The highest BCUT2D eigenvalue weighted by atomic mass is 16.5. The number of aliphatic imine (C=N–C) groups is 1. The number of hydrogen-bond donors (Lipinski definition) is 1. The first kappa shape index (κ1) is 19.0. The molecule has 0 aromatic heterocycles. The predicted octanol–water partition coefficient (Wildman–Crippen LogP) is 3.95. The van der Waals surface area contributed by atoms with Crippen molar-refractivity contribution in [3.8, 4) is 5.75 Å². The van der Waals surface area contributed by atoms with Crippen molar-refractivity contribution in [1.82, 2.24) is 4.90 Å². The molecular weight excluding hydrogens is 340 g/mol. The Hall–Kier alpha value is -2.82. The van der Waals surface area contributed by atoms with Crippen molar-refractivity contribution in [3.63, 3.8) is 0 Å². The molecule has 0 saturated carbocycles. The van der Waals surface area contributed by atoms with Crippen molar-refractivity contribution in [3.05, 3.63) is 65.2 Å². The second-order valence-electron chi connectivity index (χ2n) is 7.91. The van der Waals surface area contributed by atoms with E-state index in [1.807, 2.05) is 54.3 Å². The van der Waals surface area contributed by atoms with Gasteiger partial charge in [0.15, 0.2) is 0 Å². The van der Waals surface area contributed by atoms with E-state index in [9.17, 15) is 9.90 Å². The molecule has 0 saturated heterocycles. The topological polar surface area (TPSA) is 62.1 Å². The van der Waals surface area contributed by atoms with Crippen molar-refractivity contribution in [2.24, 2.45) is 4.99 Å². The van der Waals surface area contributed by atoms with Crippen LogP contribution >= 0.6 is 0 Å². The van der Waals surface area contributed by atoms with E-state index < -0.39 is 17.6 Å². The molecule has 1 aliphatic heterocycles. The van der Waals surface area contributed by atoms with Gasteiger partial charge < -0.3 is 14.7 Å². The summed E-state index contributed by atoms with van der Waals surface area (Å²) in [5, 5.41) is 10.7.